The van der Waals surface area contributed by atoms with Gasteiger partial charge in [-0.15, -0.1) is 11.3 Å². The monoisotopic (exact) mass is 557 g/mol. The zero-order valence-electron chi connectivity index (χ0n) is 22.4. The minimum Gasteiger partial charge on any atom is -0.472 e. The maximum Gasteiger partial charge on any atom is 0.337 e. The van der Waals surface area contributed by atoms with Crippen LogP contribution in [0.15, 0.2) is 48.5 Å². The maximum absolute atomic E-state index is 12.2. The zero-order chi connectivity index (χ0) is 27.5. The maximum atomic E-state index is 12.2. The van der Waals surface area contributed by atoms with Crippen molar-refractivity contribution in [2.24, 2.45) is 0 Å². The highest BCUT2D eigenvalue weighted by molar-refractivity contribution is 7.12. The zero-order valence-corrected chi connectivity index (χ0v) is 23.2. The molecule has 0 bridgehead atoms. The van der Waals surface area contributed by atoms with E-state index in [1.807, 2.05) is 36.4 Å². The van der Waals surface area contributed by atoms with Gasteiger partial charge in [-0.25, -0.2) is 14.8 Å². The molecule has 0 spiro atoms. The van der Waals surface area contributed by atoms with E-state index < -0.39 is 0 Å². The average Bonchev–Trinajstić information content (AvgIpc) is 3.57. The molecule has 2 aliphatic heterocycles. The van der Waals surface area contributed by atoms with E-state index in [4.69, 9.17) is 29.4 Å². The first-order valence-corrected chi connectivity index (χ1v) is 14.4. The highest BCUT2D eigenvalue weighted by Gasteiger charge is 2.26. The molecule has 1 atom stereocenters. The van der Waals surface area contributed by atoms with E-state index in [0.29, 0.717) is 28.8 Å². The molecule has 40 heavy (non-hydrogen) atoms. The van der Waals surface area contributed by atoms with Gasteiger partial charge in [-0.1, -0.05) is 6.07 Å². The molecule has 5 heterocycles. The van der Waals surface area contributed by atoms with Gasteiger partial charge in [-0.3, -0.25) is 4.90 Å². The summed E-state index contributed by atoms with van der Waals surface area (Å²) in [6, 6.07) is 17.4. The Morgan fingerprint density at radius 3 is 2.73 bits per heavy atom. The smallest absolute Gasteiger partial charge is 0.337 e. The number of likely N-dealkylation sites (tertiary alicyclic amines) is 1. The Morgan fingerprint density at radius 1 is 1.15 bits per heavy atom. The minimum absolute atomic E-state index is 0.178. The van der Waals surface area contributed by atoms with Crippen LogP contribution in [0.1, 0.15) is 56.8 Å². The number of ether oxygens (including phenoxy) is 3. The van der Waals surface area contributed by atoms with Crippen molar-refractivity contribution < 1.29 is 19.0 Å². The molecule has 0 aliphatic carbocycles. The molecule has 0 amide bonds. The van der Waals surface area contributed by atoms with Gasteiger partial charge < -0.3 is 18.8 Å². The molecule has 1 aromatic carbocycles. The summed E-state index contributed by atoms with van der Waals surface area (Å²) in [6.45, 7) is 4.57. The predicted octanol–water partition coefficient (Wildman–Crippen LogP) is 4.90. The fraction of sp³-hybridized carbons (Fsp3) is 0.400. The number of hydrogen-bond acceptors (Lipinski definition) is 9. The fourth-order valence-electron chi connectivity index (χ4n) is 5.36. The van der Waals surface area contributed by atoms with Crippen molar-refractivity contribution in [1.29, 1.82) is 5.26 Å². The van der Waals surface area contributed by atoms with Gasteiger partial charge in [0.05, 0.1) is 42.9 Å². The lowest BCUT2D eigenvalue weighted by atomic mass is 9.93. The summed E-state index contributed by atoms with van der Waals surface area (Å²) in [7, 11) is 1.40. The second kappa shape index (κ2) is 11.8. The van der Waals surface area contributed by atoms with Gasteiger partial charge in [0.2, 0.25) is 5.88 Å². The number of nitriles is 1. The number of benzene rings is 1. The first kappa shape index (κ1) is 26.4. The van der Waals surface area contributed by atoms with Crippen LogP contribution in [0.3, 0.4) is 0 Å². The molecule has 0 saturated carbocycles. The average molecular weight is 558 g/mol. The van der Waals surface area contributed by atoms with Gasteiger partial charge in [0.15, 0.2) is 0 Å². The number of hydrogen-bond donors (Lipinski definition) is 0. The van der Waals surface area contributed by atoms with E-state index in [2.05, 4.69) is 21.6 Å². The predicted molar refractivity (Wildman–Crippen MR) is 150 cm³/mol. The van der Waals surface area contributed by atoms with Crippen LogP contribution in [0.4, 0.5) is 0 Å². The Balaban J connectivity index is 1.11. The summed E-state index contributed by atoms with van der Waals surface area (Å²) in [5.74, 6) is 1.63. The first-order valence-electron chi connectivity index (χ1n) is 13.6. The summed E-state index contributed by atoms with van der Waals surface area (Å²) in [4.78, 5) is 26.0. The third kappa shape index (κ3) is 5.72. The number of carbonyl (C=O) groups is 1. The van der Waals surface area contributed by atoms with Crippen LogP contribution in [0.25, 0.3) is 11.0 Å². The molecule has 4 aromatic rings. The molecule has 0 N–H and O–H groups in total. The normalized spacial score (nSPS) is 17.9. The molecule has 206 valence electrons. The number of nitrogens with zero attached hydrogens (tertiary/aromatic N) is 5. The standard InChI is InChI=1S/C30H31N5O4S/c1-37-30(36)21-5-8-26-27(15-21)35(17-22-11-14-38-22)28(32-26)18-34-12-9-20(10-13-34)25-3-2-4-29(33-25)39-19-24-7-6-23(16-31)40-24/h2-8,15,20,22H,9-14,17-19H2,1H3/t22-/m0/s1. The van der Waals surface area contributed by atoms with E-state index in [1.54, 1.807) is 6.07 Å². The summed E-state index contributed by atoms with van der Waals surface area (Å²) in [5.41, 5.74) is 3.41. The largest absolute Gasteiger partial charge is 0.472 e. The Bertz CT molecular complexity index is 1550. The number of thiophene rings is 1. The van der Waals surface area contributed by atoms with Gasteiger partial charge in [-0.05, 0) is 68.8 Å². The third-order valence-electron chi connectivity index (χ3n) is 7.68. The lowest BCUT2D eigenvalue weighted by Gasteiger charge is -2.32. The van der Waals surface area contributed by atoms with E-state index in [-0.39, 0.29) is 12.1 Å². The highest BCUT2D eigenvalue weighted by Crippen LogP contribution is 2.30. The molecule has 0 radical (unpaired) electrons. The van der Waals surface area contributed by atoms with Crippen molar-refractivity contribution in [3.63, 3.8) is 0 Å². The van der Waals surface area contributed by atoms with E-state index in [9.17, 15) is 4.79 Å². The summed E-state index contributed by atoms with van der Waals surface area (Å²) < 4.78 is 18.8. The number of methoxy groups -OCH3 is 1. The third-order valence-corrected chi connectivity index (χ3v) is 8.64. The molecule has 2 fully saturated rings. The molecule has 2 saturated heterocycles. The van der Waals surface area contributed by atoms with Crippen molar-refractivity contribution in [2.45, 2.75) is 51.0 Å². The lowest BCUT2D eigenvalue weighted by molar-refractivity contribution is -0.0592. The quantitative estimate of drug-likeness (QED) is 0.268. The Labute approximate surface area is 236 Å². The summed E-state index contributed by atoms with van der Waals surface area (Å²) in [6.07, 6.45) is 3.22. The van der Waals surface area contributed by atoms with Crippen LogP contribution >= 0.6 is 11.3 Å². The van der Waals surface area contributed by atoms with Crippen molar-refractivity contribution in [3.8, 4) is 11.9 Å². The topological polar surface area (TPSA) is 102 Å². The number of esters is 1. The van der Waals surface area contributed by atoms with Crippen molar-refractivity contribution >= 4 is 28.3 Å². The molecule has 2 aliphatic rings. The molecular formula is C30H31N5O4S. The van der Waals surface area contributed by atoms with Crippen LogP contribution in [0.2, 0.25) is 0 Å². The minimum atomic E-state index is -0.346. The van der Waals surface area contributed by atoms with Gasteiger partial charge in [0.25, 0.3) is 0 Å². The SMILES string of the molecule is COC(=O)c1ccc2nc(CN3CCC(c4cccc(OCc5ccc(C#N)s5)n4)CC3)n(C[C@@H]3CCO3)c2c1. The number of carbonyl (C=O) groups excluding carboxylic acids is 1. The van der Waals surface area contributed by atoms with Gasteiger partial charge in [0.1, 0.15) is 23.4 Å². The van der Waals surface area contributed by atoms with Gasteiger partial charge in [0, 0.05) is 29.2 Å². The second-order valence-electron chi connectivity index (χ2n) is 10.2. The molecule has 10 heteroatoms. The number of rotatable bonds is 9. The summed E-state index contributed by atoms with van der Waals surface area (Å²) >= 11 is 1.44. The number of pyridine rings is 1. The lowest BCUT2D eigenvalue weighted by Crippen LogP contribution is -2.35. The Hall–Kier alpha value is -3.78. The molecule has 6 rings (SSSR count). The van der Waals surface area contributed by atoms with Crippen LogP contribution in [0, 0.1) is 11.3 Å². The second-order valence-corrected chi connectivity index (χ2v) is 11.4. The van der Waals surface area contributed by atoms with E-state index in [1.165, 1.54) is 18.4 Å². The molecule has 0 unspecified atom stereocenters. The number of aromatic nitrogens is 3. The highest BCUT2D eigenvalue weighted by atomic mass is 32.1. The molecule has 9 nitrogen and oxygen atoms in total. The van der Waals surface area contributed by atoms with Crippen LogP contribution < -0.4 is 4.74 Å². The van der Waals surface area contributed by atoms with Crippen LogP contribution in [0.5, 0.6) is 5.88 Å². The van der Waals surface area contributed by atoms with Crippen molar-refractivity contribution in [2.75, 3.05) is 26.8 Å². The number of imidazole rings is 1. The van der Waals surface area contributed by atoms with Gasteiger partial charge in [-0.2, -0.15) is 5.26 Å². The van der Waals surface area contributed by atoms with Crippen molar-refractivity contribution in [3.05, 3.63) is 75.4 Å². The van der Waals surface area contributed by atoms with Crippen molar-refractivity contribution in [1.82, 2.24) is 19.4 Å². The first-order chi connectivity index (χ1) is 19.6. The number of fused-ring (bicyclic) bond motifs is 1. The molecule has 3 aromatic heterocycles. The van der Waals surface area contributed by atoms with E-state index >= 15 is 0 Å². The summed E-state index contributed by atoms with van der Waals surface area (Å²) in [5, 5.41) is 9.03. The Kier molecular flexibility index (Phi) is 7.77. The van der Waals surface area contributed by atoms with Crippen LogP contribution in [-0.2, 0) is 29.2 Å². The Morgan fingerprint density at radius 2 is 2.00 bits per heavy atom. The van der Waals surface area contributed by atoms with Gasteiger partial charge >= 0.3 is 5.97 Å². The molecular weight excluding hydrogens is 526 g/mol. The van der Waals surface area contributed by atoms with E-state index in [0.717, 1.165) is 79.5 Å². The fourth-order valence-corrected chi connectivity index (χ4v) is 6.08. The van der Waals surface area contributed by atoms with Crippen LogP contribution in [-0.4, -0.2) is 58.3 Å². The number of piperidine rings is 1.